The van der Waals surface area contributed by atoms with Gasteiger partial charge < -0.3 is 4.74 Å². The monoisotopic (exact) mass is 274 g/mol. The average Bonchev–Trinajstić information content (AvgIpc) is 2.75. The average molecular weight is 274 g/mol. The van der Waals surface area contributed by atoms with Crippen LogP contribution in [-0.4, -0.2) is 7.11 Å². The fourth-order valence-corrected chi connectivity index (χ4v) is 3.64. The Balaban J connectivity index is 2.13. The molecule has 0 aromatic heterocycles. The van der Waals surface area contributed by atoms with Crippen molar-refractivity contribution < 1.29 is 4.74 Å². The highest BCUT2D eigenvalue weighted by Gasteiger charge is 2.35. The molecule has 0 amide bonds. The molecule has 1 aliphatic rings. The summed E-state index contributed by atoms with van der Waals surface area (Å²) in [5, 5.41) is 2.55. The van der Waals surface area contributed by atoms with E-state index >= 15 is 0 Å². The normalized spacial score (nSPS) is 14.8. The van der Waals surface area contributed by atoms with E-state index in [4.69, 9.17) is 4.74 Å². The van der Waals surface area contributed by atoms with Gasteiger partial charge in [-0.1, -0.05) is 56.3 Å². The van der Waals surface area contributed by atoms with Gasteiger partial charge in [0.2, 0.25) is 0 Å². The quantitative estimate of drug-likeness (QED) is 0.596. The van der Waals surface area contributed by atoms with Crippen molar-refractivity contribution >= 4 is 10.8 Å². The van der Waals surface area contributed by atoms with Crippen molar-refractivity contribution in [2.45, 2.75) is 19.3 Å². The summed E-state index contributed by atoms with van der Waals surface area (Å²) in [7, 11) is 1.72. The zero-order valence-corrected chi connectivity index (χ0v) is 12.6. The van der Waals surface area contributed by atoms with Gasteiger partial charge in [0.25, 0.3) is 0 Å². The molecule has 4 rings (SSSR count). The lowest BCUT2D eigenvalue weighted by molar-refractivity contribution is 0.415. The van der Waals surface area contributed by atoms with Gasteiger partial charge in [0, 0.05) is 5.41 Å². The van der Waals surface area contributed by atoms with Gasteiger partial charge in [-0.05, 0) is 45.2 Å². The minimum Gasteiger partial charge on any atom is -0.497 e. The molecule has 0 N–H and O–H groups in total. The minimum absolute atomic E-state index is 0.0695. The topological polar surface area (TPSA) is 9.23 Å². The largest absolute Gasteiger partial charge is 0.497 e. The van der Waals surface area contributed by atoms with E-state index in [9.17, 15) is 0 Å². The second-order valence-electron chi connectivity index (χ2n) is 6.25. The molecule has 104 valence electrons. The Hall–Kier alpha value is -2.28. The minimum atomic E-state index is 0.0695. The SMILES string of the molecule is COc1ccc2c3c(ccc2c1)C(C)(C)c1ccccc1-3. The van der Waals surface area contributed by atoms with Crippen LogP contribution < -0.4 is 4.74 Å². The maximum absolute atomic E-state index is 5.35. The van der Waals surface area contributed by atoms with Crippen LogP contribution in [0, 0.1) is 0 Å². The first-order valence-electron chi connectivity index (χ1n) is 7.34. The second kappa shape index (κ2) is 4.11. The summed E-state index contributed by atoms with van der Waals surface area (Å²) in [4.78, 5) is 0. The molecule has 1 nitrogen and oxygen atoms in total. The summed E-state index contributed by atoms with van der Waals surface area (Å²) in [6, 6.07) is 19.6. The highest BCUT2D eigenvalue weighted by Crippen LogP contribution is 2.51. The Bertz CT molecular complexity index is 859. The molecule has 0 atom stereocenters. The van der Waals surface area contributed by atoms with Gasteiger partial charge in [-0.25, -0.2) is 0 Å². The number of fused-ring (bicyclic) bond motifs is 5. The van der Waals surface area contributed by atoms with Gasteiger partial charge in [0.1, 0.15) is 5.75 Å². The molecule has 3 aromatic carbocycles. The lowest BCUT2D eigenvalue weighted by Crippen LogP contribution is -2.14. The van der Waals surface area contributed by atoms with Gasteiger partial charge in [-0.3, -0.25) is 0 Å². The van der Waals surface area contributed by atoms with Crippen LogP contribution in [0.2, 0.25) is 0 Å². The van der Waals surface area contributed by atoms with E-state index in [1.807, 2.05) is 0 Å². The maximum Gasteiger partial charge on any atom is 0.119 e. The number of methoxy groups -OCH3 is 1. The molecule has 1 aliphatic carbocycles. The van der Waals surface area contributed by atoms with E-state index in [-0.39, 0.29) is 5.41 Å². The van der Waals surface area contributed by atoms with Crippen LogP contribution in [0.4, 0.5) is 0 Å². The fourth-order valence-electron chi connectivity index (χ4n) is 3.64. The summed E-state index contributed by atoms with van der Waals surface area (Å²) < 4.78 is 5.35. The molecule has 0 heterocycles. The molecule has 1 heteroatoms. The van der Waals surface area contributed by atoms with Crippen LogP contribution in [0.5, 0.6) is 5.75 Å². The van der Waals surface area contributed by atoms with E-state index in [1.54, 1.807) is 7.11 Å². The molecule has 0 aliphatic heterocycles. The molecular formula is C20H18O. The summed E-state index contributed by atoms with van der Waals surface area (Å²) in [5.74, 6) is 0.910. The van der Waals surface area contributed by atoms with E-state index in [1.165, 1.54) is 33.0 Å². The Labute approximate surface area is 125 Å². The molecule has 0 unspecified atom stereocenters. The molecule has 0 fully saturated rings. The van der Waals surface area contributed by atoms with Gasteiger partial charge in [-0.15, -0.1) is 0 Å². The predicted octanol–water partition coefficient (Wildman–Crippen LogP) is 5.15. The number of hydrogen-bond donors (Lipinski definition) is 0. The van der Waals surface area contributed by atoms with Gasteiger partial charge >= 0.3 is 0 Å². The smallest absolute Gasteiger partial charge is 0.119 e. The maximum atomic E-state index is 5.35. The molecule has 0 bridgehead atoms. The number of hydrogen-bond acceptors (Lipinski definition) is 1. The fraction of sp³-hybridized carbons (Fsp3) is 0.200. The van der Waals surface area contributed by atoms with E-state index in [2.05, 4.69) is 68.4 Å². The zero-order valence-electron chi connectivity index (χ0n) is 12.6. The molecule has 0 saturated heterocycles. The molecule has 0 saturated carbocycles. The number of rotatable bonds is 1. The first-order chi connectivity index (χ1) is 10.1. The third kappa shape index (κ3) is 1.58. The lowest BCUT2D eigenvalue weighted by Gasteiger charge is -2.21. The standard InChI is InChI=1S/C20H18O/c1-20(2)17-7-5-4-6-16(17)19-15-10-9-14(21-3)12-13(15)8-11-18(19)20/h4-12H,1-3H3. The van der Waals surface area contributed by atoms with Gasteiger partial charge in [0.05, 0.1) is 7.11 Å². The Morgan fingerprint density at radius 3 is 2.48 bits per heavy atom. The molecule has 3 aromatic rings. The first kappa shape index (κ1) is 12.5. The van der Waals surface area contributed by atoms with Crippen molar-refractivity contribution in [3.63, 3.8) is 0 Å². The molecule has 0 radical (unpaired) electrons. The summed E-state index contributed by atoms with van der Waals surface area (Å²) in [6.07, 6.45) is 0. The van der Waals surface area contributed by atoms with Crippen molar-refractivity contribution in [1.29, 1.82) is 0 Å². The van der Waals surface area contributed by atoms with Crippen LogP contribution in [-0.2, 0) is 5.41 Å². The van der Waals surface area contributed by atoms with E-state index in [0.29, 0.717) is 0 Å². The number of benzene rings is 3. The molecule has 21 heavy (non-hydrogen) atoms. The predicted molar refractivity (Wildman–Crippen MR) is 88.1 cm³/mol. The van der Waals surface area contributed by atoms with Crippen LogP contribution in [0.25, 0.3) is 21.9 Å². The lowest BCUT2D eigenvalue weighted by atomic mass is 9.82. The van der Waals surface area contributed by atoms with Crippen molar-refractivity contribution in [3.05, 3.63) is 65.7 Å². The van der Waals surface area contributed by atoms with Crippen LogP contribution in [0.3, 0.4) is 0 Å². The Morgan fingerprint density at radius 2 is 1.67 bits per heavy atom. The molecule has 0 spiro atoms. The highest BCUT2D eigenvalue weighted by atomic mass is 16.5. The van der Waals surface area contributed by atoms with E-state index < -0.39 is 0 Å². The third-order valence-corrected chi connectivity index (χ3v) is 4.77. The van der Waals surface area contributed by atoms with Crippen molar-refractivity contribution in [2.75, 3.05) is 7.11 Å². The van der Waals surface area contributed by atoms with Crippen LogP contribution in [0.15, 0.2) is 54.6 Å². The third-order valence-electron chi connectivity index (χ3n) is 4.77. The van der Waals surface area contributed by atoms with Crippen molar-refractivity contribution in [2.24, 2.45) is 0 Å². The van der Waals surface area contributed by atoms with Crippen molar-refractivity contribution in [1.82, 2.24) is 0 Å². The summed E-state index contributed by atoms with van der Waals surface area (Å²) in [5.41, 5.74) is 5.66. The Morgan fingerprint density at radius 1 is 0.857 bits per heavy atom. The summed E-state index contributed by atoms with van der Waals surface area (Å²) >= 11 is 0. The van der Waals surface area contributed by atoms with Crippen LogP contribution >= 0.6 is 0 Å². The zero-order chi connectivity index (χ0) is 14.6. The highest BCUT2D eigenvalue weighted by molar-refractivity contribution is 6.02. The van der Waals surface area contributed by atoms with Gasteiger partial charge in [-0.2, -0.15) is 0 Å². The number of ether oxygens (including phenoxy) is 1. The second-order valence-corrected chi connectivity index (χ2v) is 6.25. The van der Waals surface area contributed by atoms with Crippen molar-refractivity contribution in [3.8, 4) is 16.9 Å². The first-order valence-corrected chi connectivity index (χ1v) is 7.34. The Kier molecular flexibility index (Phi) is 2.44. The van der Waals surface area contributed by atoms with Gasteiger partial charge in [0.15, 0.2) is 0 Å². The van der Waals surface area contributed by atoms with E-state index in [0.717, 1.165) is 5.75 Å². The van der Waals surface area contributed by atoms with Crippen LogP contribution in [0.1, 0.15) is 25.0 Å². The molecular weight excluding hydrogens is 256 g/mol. The summed E-state index contributed by atoms with van der Waals surface area (Å²) in [6.45, 7) is 4.63.